The van der Waals surface area contributed by atoms with Crippen molar-refractivity contribution in [2.75, 3.05) is 5.73 Å². The Labute approximate surface area is 130 Å². The van der Waals surface area contributed by atoms with E-state index in [1.54, 1.807) is 36.4 Å². The Balaban J connectivity index is 2.22. The van der Waals surface area contributed by atoms with E-state index in [0.717, 1.165) is 0 Å². The van der Waals surface area contributed by atoms with Gasteiger partial charge in [-0.3, -0.25) is 0 Å². The van der Waals surface area contributed by atoms with Gasteiger partial charge in [0.15, 0.2) is 11.6 Å². The second-order valence-electron chi connectivity index (χ2n) is 4.38. The number of anilines is 1. The first kappa shape index (κ1) is 13.9. The van der Waals surface area contributed by atoms with Crippen LogP contribution in [0.25, 0.3) is 22.5 Å². The third kappa shape index (κ3) is 2.48. The van der Waals surface area contributed by atoms with E-state index in [9.17, 15) is 4.39 Å². The highest BCUT2D eigenvalue weighted by molar-refractivity contribution is 6.42. The average Bonchev–Trinajstić information content (AvgIpc) is 2.84. The molecule has 3 aromatic rings. The molecule has 0 saturated carbocycles. The molecule has 1 aromatic heterocycles. The van der Waals surface area contributed by atoms with Crippen LogP contribution in [0, 0.1) is 5.82 Å². The number of benzene rings is 2. The zero-order chi connectivity index (χ0) is 15.0. The van der Waals surface area contributed by atoms with Crippen LogP contribution in [0.1, 0.15) is 0 Å². The summed E-state index contributed by atoms with van der Waals surface area (Å²) in [5, 5.41) is 4.51. The van der Waals surface area contributed by atoms with Crippen molar-refractivity contribution in [3.63, 3.8) is 0 Å². The Kier molecular flexibility index (Phi) is 3.57. The van der Waals surface area contributed by atoms with Crippen LogP contribution < -0.4 is 5.73 Å². The fraction of sp³-hybridized carbons (Fsp3) is 0. The van der Waals surface area contributed by atoms with Gasteiger partial charge in [0.1, 0.15) is 5.82 Å². The standard InChI is InChI=1S/C15H9Cl2FN2O/c16-10-6-5-8(7-11(10)17)13-14(21-20-15(13)19)9-3-1-2-4-12(9)18/h1-7H,(H2,19,20). The molecular formula is C15H9Cl2FN2O. The van der Waals surface area contributed by atoms with Crippen molar-refractivity contribution in [2.24, 2.45) is 0 Å². The summed E-state index contributed by atoms with van der Waals surface area (Å²) in [5.74, 6) is -0.00871. The zero-order valence-corrected chi connectivity index (χ0v) is 12.1. The topological polar surface area (TPSA) is 52.0 Å². The van der Waals surface area contributed by atoms with E-state index in [1.165, 1.54) is 6.07 Å². The SMILES string of the molecule is Nc1noc(-c2ccccc2F)c1-c1ccc(Cl)c(Cl)c1. The summed E-state index contributed by atoms with van der Waals surface area (Å²) in [5.41, 5.74) is 7.26. The number of aromatic nitrogens is 1. The van der Waals surface area contributed by atoms with Crippen molar-refractivity contribution in [3.8, 4) is 22.5 Å². The number of hydrogen-bond donors (Lipinski definition) is 1. The van der Waals surface area contributed by atoms with Crippen LogP contribution in [0.5, 0.6) is 0 Å². The molecule has 1 heterocycles. The van der Waals surface area contributed by atoms with Gasteiger partial charge >= 0.3 is 0 Å². The summed E-state index contributed by atoms with van der Waals surface area (Å²) >= 11 is 11.9. The highest BCUT2D eigenvalue weighted by Crippen LogP contribution is 2.39. The van der Waals surface area contributed by atoms with E-state index in [2.05, 4.69) is 5.16 Å². The maximum atomic E-state index is 13.9. The van der Waals surface area contributed by atoms with Crippen LogP contribution in [0.15, 0.2) is 47.0 Å². The van der Waals surface area contributed by atoms with Crippen molar-refractivity contribution in [2.45, 2.75) is 0 Å². The lowest BCUT2D eigenvalue weighted by Crippen LogP contribution is -1.90. The lowest BCUT2D eigenvalue weighted by molar-refractivity contribution is 0.433. The van der Waals surface area contributed by atoms with Crippen molar-refractivity contribution < 1.29 is 8.91 Å². The van der Waals surface area contributed by atoms with Gasteiger partial charge in [-0.1, -0.05) is 46.6 Å². The molecule has 106 valence electrons. The highest BCUT2D eigenvalue weighted by Gasteiger charge is 2.20. The fourth-order valence-corrected chi connectivity index (χ4v) is 2.36. The van der Waals surface area contributed by atoms with Gasteiger partial charge in [-0.2, -0.15) is 0 Å². The first-order chi connectivity index (χ1) is 10.1. The Morgan fingerprint density at radius 1 is 1.05 bits per heavy atom. The maximum absolute atomic E-state index is 13.9. The number of rotatable bonds is 2. The predicted octanol–water partition coefficient (Wildman–Crippen LogP) is 5.04. The first-order valence-electron chi connectivity index (χ1n) is 6.03. The number of halogens is 3. The normalized spacial score (nSPS) is 10.8. The van der Waals surface area contributed by atoms with Crippen LogP contribution in [-0.4, -0.2) is 5.16 Å². The number of nitrogen functional groups attached to an aromatic ring is 1. The van der Waals surface area contributed by atoms with E-state index in [0.29, 0.717) is 21.2 Å². The second kappa shape index (κ2) is 5.39. The fourth-order valence-electron chi connectivity index (χ4n) is 2.06. The van der Waals surface area contributed by atoms with Crippen LogP contribution in [0.3, 0.4) is 0 Å². The molecule has 0 aliphatic carbocycles. The predicted molar refractivity (Wildman–Crippen MR) is 81.8 cm³/mol. The zero-order valence-electron chi connectivity index (χ0n) is 10.6. The molecule has 0 bridgehead atoms. The summed E-state index contributed by atoms with van der Waals surface area (Å²) in [6.07, 6.45) is 0. The van der Waals surface area contributed by atoms with Crippen molar-refractivity contribution >= 4 is 29.0 Å². The molecule has 3 rings (SSSR count). The molecule has 0 aliphatic rings. The molecule has 0 amide bonds. The molecule has 0 unspecified atom stereocenters. The Bertz CT molecular complexity index is 817. The van der Waals surface area contributed by atoms with Gasteiger partial charge in [-0.05, 0) is 29.8 Å². The first-order valence-corrected chi connectivity index (χ1v) is 6.79. The molecule has 0 radical (unpaired) electrons. The summed E-state index contributed by atoms with van der Waals surface area (Å²) in [6.45, 7) is 0. The van der Waals surface area contributed by atoms with Gasteiger partial charge in [-0.15, -0.1) is 0 Å². The third-order valence-corrected chi connectivity index (χ3v) is 3.78. The molecule has 0 atom stereocenters. The van der Waals surface area contributed by atoms with Crippen LogP contribution in [0.4, 0.5) is 10.2 Å². The van der Waals surface area contributed by atoms with Crippen molar-refractivity contribution in [1.82, 2.24) is 5.16 Å². The quantitative estimate of drug-likeness (QED) is 0.719. The van der Waals surface area contributed by atoms with Gasteiger partial charge in [0.25, 0.3) is 0 Å². The molecule has 2 aromatic carbocycles. The van der Waals surface area contributed by atoms with E-state index in [4.69, 9.17) is 33.5 Å². The molecule has 0 fully saturated rings. The Hall–Kier alpha value is -2.04. The minimum absolute atomic E-state index is 0.159. The van der Waals surface area contributed by atoms with Gasteiger partial charge in [0.05, 0.1) is 21.2 Å². The monoisotopic (exact) mass is 322 g/mol. The minimum Gasteiger partial charge on any atom is -0.380 e. The maximum Gasteiger partial charge on any atom is 0.179 e. The van der Waals surface area contributed by atoms with Gasteiger partial charge < -0.3 is 10.3 Å². The van der Waals surface area contributed by atoms with E-state index >= 15 is 0 Å². The second-order valence-corrected chi connectivity index (χ2v) is 5.20. The van der Waals surface area contributed by atoms with Gasteiger partial charge in [0.2, 0.25) is 0 Å². The highest BCUT2D eigenvalue weighted by atomic mass is 35.5. The minimum atomic E-state index is -0.421. The van der Waals surface area contributed by atoms with E-state index < -0.39 is 5.82 Å². The summed E-state index contributed by atoms with van der Waals surface area (Å²) in [4.78, 5) is 0. The Morgan fingerprint density at radius 3 is 2.52 bits per heavy atom. The van der Waals surface area contributed by atoms with E-state index in [-0.39, 0.29) is 17.1 Å². The summed E-state index contributed by atoms with van der Waals surface area (Å²) in [6, 6.07) is 11.2. The van der Waals surface area contributed by atoms with E-state index in [1.807, 2.05) is 0 Å². The van der Waals surface area contributed by atoms with Crippen molar-refractivity contribution in [1.29, 1.82) is 0 Å². The molecule has 2 N–H and O–H groups in total. The number of hydrogen-bond acceptors (Lipinski definition) is 3. The van der Waals surface area contributed by atoms with Gasteiger partial charge in [-0.25, -0.2) is 4.39 Å². The molecule has 21 heavy (non-hydrogen) atoms. The smallest absolute Gasteiger partial charge is 0.179 e. The average molecular weight is 323 g/mol. The lowest BCUT2D eigenvalue weighted by Gasteiger charge is -2.05. The van der Waals surface area contributed by atoms with Crippen LogP contribution >= 0.6 is 23.2 Å². The largest absolute Gasteiger partial charge is 0.380 e. The van der Waals surface area contributed by atoms with Crippen molar-refractivity contribution in [3.05, 3.63) is 58.3 Å². The summed E-state index contributed by atoms with van der Waals surface area (Å²) < 4.78 is 19.1. The summed E-state index contributed by atoms with van der Waals surface area (Å²) in [7, 11) is 0. The lowest BCUT2D eigenvalue weighted by atomic mass is 10.0. The number of nitrogens with two attached hydrogens (primary N) is 1. The van der Waals surface area contributed by atoms with Gasteiger partial charge in [0, 0.05) is 0 Å². The Morgan fingerprint density at radius 2 is 1.81 bits per heavy atom. The van der Waals surface area contributed by atoms with Crippen LogP contribution in [-0.2, 0) is 0 Å². The molecule has 0 saturated heterocycles. The molecule has 0 aliphatic heterocycles. The molecule has 0 spiro atoms. The molecular weight excluding hydrogens is 314 g/mol. The molecule has 3 nitrogen and oxygen atoms in total. The molecule has 6 heteroatoms. The van der Waals surface area contributed by atoms with Crippen LogP contribution in [0.2, 0.25) is 10.0 Å². The third-order valence-electron chi connectivity index (χ3n) is 3.05. The number of nitrogens with zero attached hydrogens (tertiary/aromatic N) is 1.